The standard InChI is InChI=1S/C9H16N4O2/c1-6(2)9-11-7(13-10)5-8(12-9)15-4-3-14/h5-6,14H,3-4,10H2,1-2H3,(H,11,12,13). The Morgan fingerprint density at radius 3 is 2.80 bits per heavy atom. The summed E-state index contributed by atoms with van der Waals surface area (Å²) in [6.07, 6.45) is 0. The summed E-state index contributed by atoms with van der Waals surface area (Å²) in [6, 6.07) is 1.58. The van der Waals surface area contributed by atoms with Gasteiger partial charge in [0.05, 0.1) is 6.61 Å². The number of rotatable bonds is 5. The molecular weight excluding hydrogens is 196 g/mol. The van der Waals surface area contributed by atoms with Crippen LogP contribution in [0.4, 0.5) is 5.82 Å². The van der Waals surface area contributed by atoms with E-state index in [1.165, 1.54) is 0 Å². The molecule has 0 saturated heterocycles. The van der Waals surface area contributed by atoms with Crippen LogP contribution in [0.15, 0.2) is 6.07 Å². The highest BCUT2D eigenvalue weighted by molar-refractivity contribution is 5.37. The molecule has 0 unspecified atom stereocenters. The first-order valence-electron chi connectivity index (χ1n) is 4.76. The van der Waals surface area contributed by atoms with E-state index in [9.17, 15) is 0 Å². The Morgan fingerprint density at radius 1 is 1.53 bits per heavy atom. The highest BCUT2D eigenvalue weighted by Crippen LogP contribution is 2.17. The van der Waals surface area contributed by atoms with E-state index < -0.39 is 0 Å². The van der Waals surface area contributed by atoms with Crippen molar-refractivity contribution < 1.29 is 9.84 Å². The van der Waals surface area contributed by atoms with Gasteiger partial charge in [-0.3, -0.25) is 0 Å². The zero-order valence-corrected chi connectivity index (χ0v) is 8.90. The van der Waals surface area contributed by atoms with E-state index >= 15 is 0 Å². The molecule has 15 heavy (non-hydrogen) atoms. The van der Waals surface area contributed by atoms with Crippen LogP contribution < -0.4 is 16.0 Å². The number of nitrogens with one attached hydrogen (secondary N) is 1. The molecule has 1 aromatic heterocycles. The smallest absolute Gasteiger partial charge is 0.218 e. The van der Waals surface area contributed by atoms with Gasteiger partial charge < -0.3 is 15.3 Å². The molecule has 0 amide bonds. The van der Waals surface area contributed by atoms with Crippen molar-refractivity contribution in [2.75, 3.05) is 18.6 Å². The van der Waals surface area contributed by atoms with E-state index in [-0.39, 0.29) is 19.1 Å². The minimum atomic E-state index is -0.0492. The van der Waals surface area contributed by atoms with Crippen LogP contribution in [-0.4, -0.2) is 28.3 Å². The van der Waals surface area contributed by atoms with Gasteiger partial charge in [0, 0.05) is 12.0 Å². The topological polar surface area (TPSA) is 93.3 Å². The summed E-state index contributed by atoms with van der Waals surface area (Å²) in [6.45, 7) is 4.11. The molecule has 1 aromatic rings. The third-order valence-electron chi connectivity index (χ3n) is 1.73. The van der Waals surface area contributed by atoms with Crippen LogP contribution in [0.2, 0.25) is 0 Å². The average Bonchev–Trinajstić information content (AvgIpc) is 2.25. The molecule has 0 aliphatic rings. The molecule has 0 atom stereocenters. The number of aliphatic hydroxyl groups is 1. The van der Waals surface area contributed by atoms with E-state index in [4.69, 9.17) is 15.7 Å². The minimum absolute atomic E-state index is 0.0492. The highest BCUT2D eigenvalue weighted by Gasteiger charge is 2.07. The Bertz CT molecular complexity index is 317. The fourth-order valence-corrected chi connectivity index (χ4v) is 0.999. The van der Waals surface area contributed by atoms with Crippen LogP contribution in [0.1, 0.15) is 25.6 Å². The number of nitrogens with two attached hydrogens (primary N) is 1. The van der Waals surface area contributed by atoms with Crippen LogP contribution in [0.25, 0.3) is 0 Å². The Kier molecular flexibility index (Phi) is 4.26. The first-order chi connectivity index (χ1) is 7.17. The highest BCUT2D eigenvalue weighted by atomic mass is 16.5. The summed E-state index contributed by atoms with van der Waals surface area (Å²) in [5.41, 5.74) is 2.45. The maximum absolute atomic E-state index is 8.62. The van der Waals surface area contributed by atoms with Crippen LogP contribution in [0, 0.1) is 0 Å². The normalized spacial score (nSPS) is 10.5. The van der Waals surface area contributed by atoms with Crippen molar-refractivity contribution in [1.29, 1.82) is 0 Å². The van der Waals surface area contributed by atoms with Gasteiger partial charge >= 0.3 is 0 Å². The van der Waals surface area contributed by atoms with Gasteiger partial charge in [0.15, 0.2) is 0 Å². The molecular formula is C9H16N4O2. The van der Waals surface area contributed by atoms with Gasteiger partial charge in [0.1, 0.15) is 18.2 Å². The molecule has 0 aromatic carbocycles. The fourth-order valence-electron chi connectivity index (χ4n) is 0.999. The maximum Gasteiger partial charge on any atom is 0.218 e. The monoisotopic (exact) mass is 212 g/mol. The number of hydrogen-bond acceptors (Lipinski definition) is 6. The van der Waals surface area contributed by atoms with Crippen molar-refractivity contribution in [1.82, 2.24) is 9.97 Å². The molecule has 0 bridgehead atoms. The Balaban J connectivity index is 2.90. The molecule has 1 rings (SSSR count). The summed E-state index contributed by atoms with van der Waals surface area (Å²) in [4.78, 5) is 8.35. The molecule has 0 saturated carbocycles. The molecule has 84 valence electrons. The van der Waals surface area contributed by atoms with Crippen molar-refractivity contribution in [3.8, 4) is 5.88 Å². The first-order valence-corrected chi connectivity index (χ1v) is 4.76. The lowest BCUT2D eigenvalue weighted by molar-refractivity contribution is 0.196. The van der Waals surface area contributed by atoms with Crippen molar-refractivity contribution in [2.24, 2.45) is 5.84 Å². The van der Waals surface area contributed by atoms with Crippen LogP contribution in [-0.2, 0) is 0 Å². The average molecular weight is 212 g/mol. The molecule has 0 aliphatic carbocycles. The van der Waals surface area contributed by atoms with Crippen LogP contribution in [0.3, 0.4) is 0 Å². The van der Waals surface area contributed by atoms with Gasteiger partial charge in [0.2, 0.25) is 5.88 Å². The van der Waals surface area contributed by atoms with Crippen molar-refractivity contribution in [3.05, 3.63) is 11.9 Å². The summed E-state index contributed by atoms with van der Waals surface area (Å²) < 4.78 is 5.19. The zero-order valence-electron chi connectivity index (χ0n) is 8.90. The quantitative estimate of drug-likeness (QED) is 0.478. The molecule has 1 heterocycles. The predicted octanol–water partition coefficient (Wildman–Crippen LogP) is 0.257. The van der Waals surface area contributed by atoms with Crippen molar-refractivity contribution in [2.45, 2.75) is 19.8 Å². The Labute approximate surface area is 88.5 Å². The van der Waals surface area contributed by atoms with E-state index in [2.05, 4.69) is 15.4 Å². The van der Waals surface area contributed by atoms with Gasteiger partial charge in [0.25, 0.3) is 0 Å². The molecule has 6 nitrogen and oxygen atoms in total. The van der Waals surface area contributed by atoms with Gasteiger partial charge in [-0.05, 0) is 0 Å². The maximum atomic E-state index is 8.62. The second kappa shape index (κ2) is 5.47. The Hall–Kier alpha value is -1.40. The molecule has 6 heteroatoms. The molecule has 0 radical (unpaired) electrons. The minimum Gasteiger partial charge on any atom is -0.475 e. The number of ether oxygens (including phenoxy) is 1. The van der Waals surface area contributed by atoms with E-state index in [1.54, 1.807) is 6.07 Å². The van der Waals surface area contributed by atoms with E-state index in [0.717, 1.165) is 0 Å². The summed E-state index contributed by atoms with van der Waals surface area (Å²) in [5.74, 6) is 7.03. The number of aliphatic hydroxyl groups excluding tert-OH is 1. The second-order valence-electron chi connectivity index (χ2n) is 3.32. The number of aromatic nitrogens is 2. The van der Waals surface area contributed by atoms with Gasteiger partial charge in [-0.25, -0.2) is 10.8 Å². The summed E-state index contributed by atoms with van der Waals surface area (Å²) >= 11 is 0. The molecule has 0 spiro atoms. The van der Waals surface area contributed by atoms with E-state index in [1.807, 2.05) is 13.8 Å². The third kappa shape index (κ3) is 3.34. The lowest BCUT2D eigenvalue weighted by Gasteiger charge is -2.09. The second-order valence-corrected chi connectivity index (χ2v) is 3.32. The van der Waals surface area contributed by atoms with Crippen LogP contribution in [0.5, 0.6) is 5.88 Å². The number of nitrogen functional groups attached to an aromatic ring is 1. The molecule has 0 aliphatic heterocycles. The molecule has 4 N–H and O–H groups in total. The predicted molar refractivity (Wildman–Crippen MR) is 56.5 cm³/mol. The largest absolute Gasteiger partial charge is 0.475 e. The lowest BCUT2D eigenvalue weighted by atomic mass is 10.2. The van der Waals surface area contributed by atoms with E-state index in [0.29, 0.717) is 17.5 Å². The molecule has 0 fully saturated rings. The number of hydrazine groups is 1. The SMILES string of the molecule is CC(C)c1nc(NN)cc(OCCO)n1. The third-order valence-corrected chi connectivity index (χ3v) is 1.73. The Morgan fingerprint density at radius 2 is 2.27 bits per heavy atom. The summed E-state index contributed by atoms with van der Waals surface area (Å²) in [5, 5.41) is 8.62. The van der Waals surface area contributed by atoms with Gasteiger partial charge in [-0.1, -0.05) is 13.8 Å². The lowest BCUT2D eigenvalue weighted by Crippen LogP contribution is -2.12. The number of hydrogen-bond donors (Lipinski definition) is 3. The zero-order chi connectivity index (χ0) is 11.3. The van der Waals surface area contributed by atoms with Gasteiger partial charge in [-0.2, -0.15) is 4.98 Å². The first kappa shape index (κ1) is 11.7. The number of anilines is 1. The van der Waals surface area contributed by atoms with Crippen molar-refractivity contribution in [3.63, 3.8) is 0 Å². The van der Waals surface area contributed by atoms with Crippen LogP contribution >= 0.6 is 0 Å². The number of nitrogens with zero attached hydrogens (tertiary/aromatic N) is 2. The van der Waals surface area contributed by atoms with Crippen molar-refractivity contribution >= 4 is 5.82 Å². The summed E-state index contributed by atoms with van der Waals surface area (Å²) in [7, 11) is 0. The fraction of sp³-hybridized carbons (Fsp3) is 0.556. The van der Waals surface area contributed by atoms with Gasteiger partial charge in [-0.15, -0.1) is 0 Å².